The van der Waals surface area contributed by atoms with Crippen molar-refractivity contribution in [1.82, 2.24) is 0 Å². The lowest BCUT2D eigenvalue weighted by molar-refractivity contribution is -0.228. The fraction of sp³-hybridized carbons (Fsp3) is 0.444. The molecule has 0 spiro atoms. The molecule has 1 aliphatic heterocycles. The topological polar surface area (TPSA) is 47.9 Å². The molecule has 116 valence electrons. The van der Waals surface area contributed by atoms with E-state index in [1.165, 1.54) is 0 Å². The molecule has 1 aliphatic carbocycles. The summed E-state index contributed by atoms with van der Waals surface area (Å²) in [5.74, 6) is 0.841. The van der Waals surface area contributed by atoms with Crippen LogP contribution in [0.1, 0.15) is 32.6 Å². The highest BCUT2D eigenvalue weighted by Gasteiger charge is 2.47. The molecule has 4 nitrogen and oxygen atoms in total. The fourth-order valence-corrected chi connectivity index (χ4v) is 3.46. The summed E-state index contributed by atoms with van der Waals surface area (Å²) in [6.07, 6.45) is 3.14. The standard InChI is InChI=1S/C18H20O4/c1-2-20-14-11-15-17(13-8-4-3-7-12(13)14)21-16-9-5-6-10-18(16,19)22-15/h3-4,7-8,11,16,19H,2,5-6,9-10H2,1H3/t16-,18-/m1/s1. The van der Waals surface area contributed by atoms with Crippen LogP contribution in [0.3, 0.4) is 0 Å². The van der Waals surface area contributed by atoms with Crippen LogP contribution in [0.15, 0.2) is 30.3 Å². The Labute approximate surface area is 129 Å². The Morgan fingerprint density at radius 1 is 1.27 bits per heavy atom. The second-order valence-corrected chi connectivity index (χ2v) is 5.98. The van der Waals surface area contributed by atoms with E-state index < -0.39 is 5.79 Å². The van der Waals surface area contributed by atoms with Crippen LogP contribution in [0.2, 0.25) is 0 Å². The van der Waals surface area contributed by atoms with Crippen molar-refractivity contribution in [2.75, 3.05) is 6.61 Å². The fourth-order valence-electron chi connectivity index (χ4n) is 3.46. The molecular formula is C18H20O4. The third-order valence-corrected chi connectivity index (χ3v) is 4.52. The maximum atomic E-state index is 10.7. The molecule has 4 rings (SSSR count). The Kier molecular flexibility index (Phi) is 3.15. The van der Waals surface area contributed by atoms with E-state index in [-0.39, 0.29) is 6.10 Å². The summed E-state index contributed by atoms with van der Waals surface area (Å²) in [5.41, 5.74) is 0. The second kappa shape index (κ2) is 5.06. The normalized spacial score (nSPS) is 26.5. The van der Waals surface area contributed by atoms with Crippen molar-refractivity contribution >= 4 is 10.8 Å². The second-order valence-electron chi connectivity index (χ2n) is 5.98. The third kappa shape index (κ3) is 2.02. The van der Waals surface area contributed by atoms with Gasteiger partial charge in [0.25, 0.3) is 0 Å². The molecule has 2 aromatic carbocycles. The van der Waals surface area contributed by atoms with Crippen LogP contribution in [0, 0.1) is 0 Å². The van der Waals surface area contributed by atoms with Crippen LogP contribution in [0.25, 0.3) is 10.8 Å². The van der Waals surface area contributed by atoms with Gasteiger partial charge in [0, 0.05) is 23.3 Å². The zero-order chi connectivity index (χ0) is 15.2. The smallest absolute Gasteiger partial charge is 0.245 e. The summed E-state index contributed by atoms with van der Waals surface area (Å²) in [6, 6.07) is 9.82. The highest BCUT2D eigenvalue weighted by Crippen LogP contribution is 2.49. The molecule has 1 heterocycles. The number of aliphatic hydroxyl groups is 1. The molecule has 0 saturated heterocycles. The number of fused-ring (bicyclic) bond motifs is 4. The van der Waals surface area contributed by atoms with Gasteiger partial charge in [-0.2, -0.15) is 0 Å². The van der Waals surface area contributed by atoms with Crippen molar-refractivity contribution in [3.8, 4) is 17.2 Å². The Morgan fingerprint density at radius 3 is 2.91 bits per heavy atom. The highest BCUT2D eigenvalue weighted by molar-refractivity contribution is 5.95. The molecule has 1 fully saturated rings. The first-order valence-corrected chi connectivity index (χ1v) is 7.98. The summed E-state index contributed by atoms with van der Waals surface area (Å²) >= 11 is 0. The van der Waals surface area contributed by atoms with E-state index in [1.54, 1.807) is 0 Å². The molecule has 0 bridgehead atoms. The molecule has 0 unspecified atom stereocenters. The zero-order valence-electron chi connectivity index (χ0n) is 12.7. The molecule has 0 radical (unpaired) electrons. The van der Waals surface area contributed by atoms with E-state index in [4.69, 9.17) is 14.2 Å². The maximum Gasteiger partial charge on any atom is 0.245 e. The van der Waals surface area contributed by atoms with E-state index in [9.17, 15) is 5.11 Å². The van der Waals surface area contributed by atoms with Gasteiger partial charge in [-0.15, -0.1) is 0 Å². The molecule has 1 saturated carbocycles. The minimum atomic E-state index is -1.21. The number of rotatable bonds is 2. The Bertz CT molecular complexity index is 712. The first-order valence-electron chi connectivity index (χ1n) is 7.98. The van der Waals surface area contributed by atoms with Crippen LogP contribution in [-0.4, -0.2) is 23.6 Å². The van der Waals surface area contributed by atoms with Gasteiger partial charge in [0.15, 0.2) is 17.6 Å². The number of hydrogen-bond donors (Lipinski definition) is 1. The highest BCUT2D eigenvalue weighted by atomic mass is 16.7. The summed E-state index contributed by atoms with van der Waals surface area (Å²) in [4.78, 5) is 0. The number of benzene rings is 2. The Morgan fingerprint density at radius 2 is 2.09 bits per heavy atom. The lowest BCUT2D eigenvalue weighted by Crippen LogP contribution is -2.54. The summed E-state index contributed by atoms with van der Waals surface area (Å²) in [5, 5.41) is 12.7. The first-order chi connectivity index (χ1) is 10.7. The van der Waals surface area contributed by atoms with Gasteiger partial charge in [-0.05, 0) is 26.2 Å². The van der Waals surface area contributed by atoms with Gasteiger partial charge < -0.3 is 19.3 Å². The van der Waals surface area contributed by atoms with Crippen molar-refractivity contribution in [1.29, 1.82) is 0 Å². The van der Waals surface area contributed by atoms with Crippen molar-refractivity contribution in [3.05, 3.63) is 30.3 Å². The average molecular weight is 300 g/mol. The lowest BCUT2D eigenvalue weighted by atomic mass is 9.90. The minimum absolute atomic E-state index is 0.296. The maximum absolute atomic E-state index is 10.7. The summed E-state index contributed by atoms with van der Waals surface area (Å²) in [7, 11) is 0. The van der Waals surface area contributed by atoms with E-state index in [0.717, 1.165) is 41.5 Å². The van der Waals surface area contributed by atoms with Crippen LogP contribution >= 0.6 is 0 Å². The van der Waals surface area contributed by atoms with Gasteiger partial charge >= 0.3 is 0 Å². The molecule has 1 N–H and O–H groups in total. The summed E-state index contributed by atoms with van der Waals surface area (Å²) in [6.45, 7) is 2.53. The van der Waals surface area contributed by atoms with Crippen molar-refractivity contribution < 1.29 is 19.3 Å². The van der Waals surface area contributed by atoms with Crippen LogP contribution in [0.5, 0.6) is 17.2 Å². The molecule has 22 heavy (non-hydrogen) atoms. The summed E-state index contributed by atoms with van der Waals surface area (Å²) < 4.78 is 17.9. The van der Waals surface area contributed by atoms with Crippen molar-refractivity contribution in [2.24, 2.45) is 0 Å². The third-order valence-electron chi connectivity index (χ3n) is 4.52. The molecule has 2 aliphatic rings. The molecule has 2 aromatic rings. The van der Waals surface area contributed by atoms with E-state index in [2.05, 4.69) is 0 Å². The molecule has 4 heteroatoms. The minimum Gasteiger partial charge on any atom is -0.493 e. The van der Waals surface area contributed by atoms with Gasteiger partial charge in [0.05, 0.1) is 6.61 Å². The Balaban J connectivity index is 1.88. The van der Waals surface area contributed by atoms with Crippen LogP contribution in [-0.2, 0) is 0 Å². The van der Waals surface area contributed by atoms with Crippen molar-refractivity contribution in [2.45, 2.75) is 44.5 Å². The SMILES string of the molecule is CCOc1cc2c(c3ccccc13)O[C@@H]1CCCC[C@@]1(O)O2. The first kappa shape index (κ1) is 13.7. The van der Waals surface area contributed by atoms with Gasteiger partial charge in [-0.25, -0.2) is 0 Å². The molecular weight excluding hydrogens is 280 g/mol. The predicted octanol–water partition coefficient (Wildman–Crippen LogP) is 3.64. The number of ether oxygens (including phenoxy) is 3. The van der Waals surface area contributed by atoms with Gasteiger partial charge in [0.1, 0.15) is 5.75 Å². The lowest BCUT2D eigenvalue weighted by Gasteiger charge is -2.43. The van der Waals surface area contributed by atoms with Crippen molar-refractivity contribution in [3.63, 3.8) is 0 Å². The quantitative estimate of drug-likeness (QED) is 0.920. The van der Waals surface area contributed by atoms with Gasteiger partial charge in [-0.1, -0.05) is 24.3 Å². The van der Waals surface area contributed by atoms with E-state index in [0.29, 0.717) is 18.8 Å². The van der Waals surface area contributed by atoms with E-state index in [1.807, 2.05) is 37.3 Å². The Hall–Kier alpha value is -1.94. The number of hydrogen-bond acceptors (Lipinski definition) is 4. The largest absolute Gasteiger partial charge is 0.493 e. The van der Waals surface area contributed by atoms with Crippen LogP contribution < -0.4 is 14.2 Å². The zero-order valence-corrected chi connectivity index (χ0v) is 12.7. The van der Waals surface area contributed by atoms with E-state index >= 15 is 0 Å². The monoisotopic (exact) mass is 300 g/mol. The predicted molar refractivity (Wildman–Crippen MR) is 83.6 cm³/mol. The van der Waals surface area contributed by atoms with Gasteiger partial charge in [0.2, 0.25) is 5.79 Å². The average Bonchev–Trinajstić information content (AvgIpc) is 2.53. The molecule has 2 atom stereocenters. The molecule has 0 aromatic heterocycles. The van der Waals surface area contributed by atoms with Crippen LogP contribution in [0.4, 0.5) is 0 Å². The molecule has 0 amide bonds. The van der Waals surface area contributed by atoms with Gasteiger partial charge in [-0.3, -0.25) is 0 Å².